The molecule has 2 atom stereocenters. The van der Waals surface area contributed by atoms with Crippen LogP contribution in [0.1, 0.15) is 6.42 Å². The number of hydrogen-bond acceptors (Lipinski definition) is 4. The Kier molecular flexibility index (Phi) is 6.89. The molecule has 110 valence electrons. The van der Waals surface area contributed by atoms with Gasteiger partial charge in [-0.3, -0.25) is 13.8 Å². The molecule has 0 radical (unpaired) electrons. The Labute approximate surface area is 120 Å². The van der Waals surface area contributed by atoms with Crippen molar-refractivity contribution >= 4 is 22.6 Å². The molecule has 3 N–H and O–H groups in total. The fourth-order valence-electron chi connectivity index (χ4n) is 1.57. The normalized spacial score (nSPS) is 13.4. The van der Waals surface area contributed by atoms with Crippen LogP contribution in [0, 0.1) is 0 Å². The van der Waals surface area contributed by atoms with Gasteiger partial charge < -0.3 is 15.8 Å². The van der Waals surface area contributed by atoms with Gasteiger partial charge in [0.25, 0.3) is 0 Å². The minimum Gasteiger partial charge on any atom is -0.375 e. The van der Waals surface area contributed by atoms with Crippen molar-refractivity contribution in [1.29, 1.82) is 0 Å². The highest BCUT2D eigenvalue weighted by atomic mass is 32.2. The fraction of sp³-hybridized carbons (Fsp3) is 0.385. The molecule has 0 aliphatic rings. The number of rotatable bonds is 8. The van der Waals surface area contributed by atoms with Crippen LogP contribution in [0.25, 0.3) is 0 Å². The third-order valence-electron chi connectivity index (χ3n) is 2.55. The van der Waals surface area contributed by atoms with E-state index in [1.54, 1.807) is 24.3 Å². The number of carbonyl (C=O) groups is 2. The lowest BCUT2D eigenvalue weighted by molar-refractivity contribution is -0.129. The number of amides is 2. The molecular formula is C13H18N2O4S. The molecule has 0 bridgehead atoms. The smallest absolute Gasteiger partial charge is 0.246 e. The van der Waals surface area contributed by atoms with E-state index in [1.807, 2.05) is 6.07 Å². The monoisotopic (exact) mass is 298 g/mol. The van der Waals surface area contributed by atoms with E-state index in [1.165, 1.54) is 7.11 Å². The molecule has 7 heteroatoms. The van der Waals surface area contributed by atoms with E-state index in [9.17, 15) is 13.8 Å². The van der Waals surface area contributed by atoms with E-state index in [-0.39, 0.29) is 18.8 Å². The first-order valence-electron chi connectivity index (χ1n) is 6.05. The molecule has 0 aromatic heterocycles. The Morgan fingerprint density at radius 2 is 2.00 bits per heavy atom. The molecule has 0 unspecified atom stereocenters. The molecule has 0 aliphatic carbocycles. The summed E-state index contributed by atoms with van der Waals surface area (Å²) in [6.07, 6.45) is 0.215. The number of nitrogens with two attached hydrogens (primary N) is 1. The van der Waals surface area contributed by atoms with E-state index in [0.29, 0.717) is 4.90 Å². The Bertz CT molecular complexity index is 479. The number of benzene rings is 1. The largest absolute Gasteiger partial charge is 0.375 e. The van der Waals surface area contributed by atoms with Gasteiger partial charge in [-0.2, -0.15) is 0 Å². The first-order valence-corrected chi connectivity index (χ1v) is 7.37. The van der Waals surface area contributed by atoms with Crippen molar-refractivity contribution < 1.29 is 18.5 Å². The van der Waals surface area contributed by atoms with E-state index < -0.39 is 28.7 Å². The van der Waals surface area contributed by atoms with Gasteiger partial charge in [0, 0.05) is 17.8 Å². The Morgan fingerprint density at radius 1 is 1.35 bits per heavy atom. The molecule has 0 saturated heterocycles. The van der Waals surface area contributed by atoms with Crippen molar-refractivity contribution in [3.63, 3.8) is 0 Å². The van der Waals surface area contributed by atoms with Gasteiger partial charge in [0.05, 0.1) is 10.8 Å². The first-order chi connectivity index (χ1) is 9.54. The second-order valence-corrected chi connectivity index (χ2v) is 5.68. The molecular weight excluding hydrogens is 280 g/mol. The number of hydrogen-bond donors (Lipinski definition) is 2. The van der Waals surface area contributed by atoms with E-state index in [2.05, 4.69) is 10.1 Å². The SMILES string of the molecule is COCC(=O)N[C@H](CC[S@](=O)c1ccccc1)C(N)=O. The molecule has 2 amide bonds. The van der Waals surface area contributed by atoms with Crippen LogP contribution >= 0.6 is 0 Å². The molecule has 20 heavy (non-hydrogen) atoms. The Morgan fingerprint density at radius 3 is 2.55 bits per heavy atom. The van der Waals surface area contributed by atoms with Gasteiger partial charge in [0.2, 0.25) is 11.8 Å². The van der Waals surface area contributed by atoms with Crippen molar-refractivity contribution in [2.24, 2.45) is 5.73 Å². The summed E-state index contributed by atoms with van der Waals surface area (Å²) in [4.78, 5) is 23.3. The summed E-state index contributed by atoms with van der Waals surface area (Å²) >= 11 is 0. The topological polar surface area (TPSA) is 98.5 Å². The van der Waals surface area contributed by atoms with Gasteiger partial charge in [-0.25, -0.2) is 0 Å². The maximum atomic E-state index is 12.0. The van der Waals surface area contributed by atoms with Gasteiger partial charge in [-0.15, -0.1) is 0 Å². The molecule has 0 heterocycles. The van der Waals surface area contributed by atoms with Crippen LogP contribution in [-0.4, -0.2) is 41.5 Å². The zero-order chi connectivity index (χ0) is 15.0. The minimum atomic E-state index is -1.23. The maximum Gasteiger partial charge on any atom is 0.246 e. The van der Waals surface area contributed by atoms with Crippen LogP contribution in [0.3, 0.4) is 0 Å². The van der Waals surface area contributed by atoms with E-state index in [4.69, 9.17) is 5.73 Å². The Hall–Kier alpha value is -1.73. The summed E-state index contributed by atoms with van der Waals surface area (Å²) in [5.41, 5.74) is 5.21. The second-order valence-electron chi connectivity index (χ2n) is 4.11. The zero-order valence-electron chi connectivity index (χ0n) is 11.2. The van der Waals surface area contributed by atoms with Crippen LogP contribution in [0.5, 0.6) is 0 Å². The molecule has 6 nitrogen and oxygen atoms in total. The second kappa shape index (κ2) is 8.44. The zero-order valence-corrected chi connectivity index (χ0v) is 12.0. The lowest BCUT2D eigenvalue weighted by atomic mass is 10.2. The quantitative estimate of drug-likeness (QED) is 0.694. The third kappa shape index (κ3) is 5.50. The summed E-state index contributed by atoms with van der Waals surface area (Å²) in [5.74, 6) is -0.841. The minimum absolute atomic E-state index is 0.147. The number of nitrogens with one attached hydrogen (secondary N) is 1. The summed E-state index contributed by atoms with van der Waals surface area (Å²) in [6.45, 7) is -0.147. The average molecular weight is 298 g/mol. The molecule has 1 aromatic rings. The molecule has 0 spiro atoms. The molecule has 0 aliphatic heterocycles. The number of primary amides is 1. The lowest BCUT2D eigenvalue weighted by Crippen LogP contribution is -2.46. The van der Waals surface area contributed by atoms with Crippen LogP contribution in [0.2, 0.25) is 0 Å². The van der Waals surface area contributed by atoms with Crippen LogP contribution in [0.4, 0.5) is 0 Å². The standard InChI is InChI=1S/C13H18N2O4S/c1-19-9-12(16)15-11(13(14)17)7-8-20(18)10-5-3-2-4-6-10/h2-6,11H,7-9H2,1H3,(H2,14,17)(H,15,16)/t11-,20+/m1/s1. The van der Waals surface area contributed by atoms with Gasteiger partial charge in [0.1, 0.15) is 12.6 Å². The van der Waals surface area contributed by atoms with Crippen molar-refractivity contribution in [1.82, 2.24) is 5.32 Å². The number of methoxy groups -OCH3 is 1. The van der Waals surface area contributed by atoms with Gasteiger partial charge in [0.15, 0.2) is 0 Å². The highest BCUT2D eigenvalue weighted by molar-refractivity contribution is 7.85. The first kappa shape index (κ1) is 16.3. The summed E-state index contributed by atoms with van der Waals surface area (Å²) in [5, 5.41) is 2.45. The van der Waals surface area contributed by atoms with Gasteiger partial charge >= 0.3 is 0 Å². The molecule has 1 aromatic carbocycles. The maximum absolute atomic E-state index is 12.0. The van der Waals surface area contributed by atoms with Crippen molar-refractivity contribution in [2.75, 3.05) is 19.5 Å². The summed E-state index contributed by atoms with van der Waals surface area (Å²) < 4.78 is 16.7. The van der Waals surface area contributed by atoms with Crippen LogP contribution in [-0.2, 0) is 25.1 Å². The number of ether oxygens (including phenoxy) is 1. The van der Waals surface area contributed by atoms with Crippen LogP contribution in [0.15, 0.2) is 35.2 Å². The summed E-state index contributed by atoms with van der Waals surface area (Å²) in [6, 6.07) is 8.07. The summed E-state index contributed by atoms with van der Waals surface area (Å²) in [7, 11) is 0.149. The predicted octanol–water partition coefficient (Wildman–Crippen LogP) is -0.199. The Balaban J connectivity index is 2.53. The van der Waals surface area contributed by atoms with Crippen molar-refractivity contribution in [3.05, 3.63) is 30.3 Å². The highest BCUT2D eigenvalue weighted by Gasteiger charge is 2.19. The fourth-order valence-corrected chi connectivity index (χ4v) is 2.71. The van der Waals surface area contributed by atoms with Crippen LogP contribution < -0.4 is 11.1 Å². The lowest BCUT2D eigenvalue weighted by Gasteiger charge is -2.14. The molecule has 0 fully saturated rings. The third-order valence-corrected chi connectivity index (χ3v) is 3.96. The van der Waals surface area contributed by atoms with E-state index >= 15 is 0 Å². The van der Waals surface area contributed by atoms with Crippen molar-refractivity contribution in [2.45, 2.75) is 17.4 Å². The average Bonchev–Trinajstić information content (AvgIpc) is 2.44. The number of carbonyl (C=O) groups excluding carboxylic acids is 2. The highest BCUT2D eigenvalue weighted by Crippen LogP contribution is 2.07. The van der Waals surface area contributed by atoms with Crippen molar-refractivity contribution in [3.8, 4) is 0 Å². The van der Waals surface area contributed by atoms with Gasteiger partial charge in [-0.1, -0.05) is 18.2 Å². The molecule has 0 saturated carbocycles. The van der Waals surface area contributed by atoms with E-state index in [0.717, 1.165) is 0 Å². The predicted molar refractivity (Wildman–Crippen MR) is 75.3 cm³/mol. The molecule has 1 rings (SSSR count). The van der Waals surface area contributed by atoms with Gasteiger partial charge in [-0.05, 0) is 18.6 Å².